The second-order valence-electron chi connectivity index (χ2n) is 6.52. The van der Waals surface area contributed by atoms with Crippen LogP contribution in [-0.2, 0) is 0 Å². The molecule has 3 aromatic rings. The number of amides is 2. The number of piperazine rings is 1. The molecule has 1 N–H and O–H groups in total. The van der Waals surface area contributed by atoms with Gasteiger partial charge < -0.3 is 14.2 Å². The van der Waals surface area contributed by atoms with Gasteiger partial charge in [-0.05, 0) is 25.1 Å². The molecule has 2 aromatic heterocycles. The number of urea groups is 1. The third-order valence-corrected chi connectivity index (χ3v) is 4.64. The Morgan fingerprint density at radius 1 is 1.00 bits per heavy atom. The van der Waals surface area contributed by atoms with Crippen molar-refractivity contribution in [1.82, 2.24) is 15.1 Å². The number of hydrogen-bond acceptors (Lipinski definition) is 5. The number of nitrogens with zero attached hydrogens (tertiary/aromatic N) is 4. The molecule has 4 rings (SSSR count). The zero-order valence-corrected chi connectivity index (χ0v) is 15.1. The molecular weight excluding hydrogens is 342 g/mol. The lowest BCUT2D eigenvalue weighted by Crippen LogP contribution is -2.50. The molecule has 1 aliphatic heterocycles. The number of aromatic nitrogens is 2. The predicted molar refractivity (Wildman–Crippen MR) is 104 cm³/mol. The van der Waals surface area contributed by atoms with Gasteiger partial charge in [0.15, 0.2) is 5.82 Å². The number of carbonyl (C=O) groups is 1. The summed E-state index contributed by atoms with van der Waals surface area (Å²) >= 11 is 0. The smallest absolute Gasteiger partial charge is 0.324 e. The van der Waals surface area contributed by atoms with E-state index >= 15 is 0 Å². The number of nitrogens with one attached hydrogen (secondary N) is 1. The number of carbonyl (C=O) groups excluding carboxylic acids is 1. The Morgan fingerprint density at radius 2 is 1.78 bits per heavy atom. The van der Waals surface area contributed by atoms with E-state index in [9.17, 15) is 4.79 Å². The van der Waals surface area contributed by atoms with Crippen molar-refractivity contribution in [2.24, 2.45) is 0 Å². The van der Waals surface area contributed by atoms with Gasteiger partial charge in [0.2, 0.25) is 5.88 Å². The second kappa shape index (κ2) is 7.49. The molecule has 7 heteroatoms. The van der Waals surface area contributed by atoms with E-state index in [-0.39, 0.29) is 6.03 Å². The number of aryl methyl sites for hydroxylation is 1. The third kappa shape index (κ3) is 3.92. The molecular formula is C20H21N5O2. The number of hydrogen-bond donors (Lipinski definition) is 1. The van der Waals surface area contributed by atoms with Crippen LogP contribution in [0.2, 0.25) is 0 Å². The van der Waals surface area contributed by atoms with Crippen molar-refractivity contribution in [1.29, 1.82) is 0 Å². The van der Waals surface area contributed by atoms with E-state index in [1.54, 1.807) is 17.0 Å². The highest BCUT2D eigenvalue weighted by Gasteiger charge is 2.22. The van der Waals surface area contributed by atoms with Crippen molar-refractivity contribution >= 4 is 17.7 Å². The maximum atomic E-state index is 12.2. The molecule has 0 radical (unpaired) electrons. The first-order valence-electron chi connectivity index (χ1n) is 8.94. The van der Waals surface area contributed by atoms with Crippen LogP contribution in [0.3, 0.4) is 0 Å². The van der Waals surface area contributed by atoms with Gasteiger partial charge in [-0.3, -0.25) is 5.32 Å². The molecule has 1 fully saturated rings. The van der Waals surface area contributed by atoms with Gasteiger partial charge in [0.1, 0.15) is 0 Å². The van der Waals surface area contributed by atoms with Gasteiger partial charge in [-0.2, -0.15) is 0 Å². The van der Waals surface area contributed by atoms with Crippen LogP contribution in [0, 0.1) is 6.92 Å². The van der Waals surface area contributed by atoms with Crippen LogP contribution in [-0.4, -0.2) is 47.3 Å². The minimum absolute atomic E-state index is 0.148. The quantitative estimate of drug-likeness (QED) is 0.772. The van der Waals surface area contributed by atoms with E-state index in [4.69, 9.17) is 4.42 Å². The van der Waals surface area contributed by atoms with E-state index in [2.05, 4.69) is 51.6 Å². The summed E-state index contributed by atoms with van der Waals surface area (Å²) < 4.78 is 5.15. The molecule has 3 heterocycles. The summed E-state index contributed by atoms with van der Waals surface area (Å²) in [4.78, 5) is 16.2. The lowest BCUT2D eigenvalue weighted by Gasteiger charge is -2.34. The van der Waals surface area contributed by atoms with Crippen LogP contribution in [0.5, 0.6) is 0 Å². The minimum Gasteiger partial charge on any atom is -0.449 e. The Kier molecular flexibility index (Phi) is 4.74. The summed E-state index contributed by atoms with van der Waals surface area (Å²) in [6.45, 7) is 4.73. The number of anilines is 2. The topological polar surface area (TPSA) is 74.5 Å². The summed E-state index contributed by atoms with van der Waals surface area (Å²) in [6, 6.07) is 15.5. The summed E-state index contributed by atoms with van der Waals surface area (Å²) in [7, 11) is 0. The summed E-state index contributed by atoms with van der Waals surface area (Å²) in [5, 5.41) is 11.5. The Labute approximate surface area is 157 Å². The summed E-state index contributed by atoms with van der Waals surface area (Å²) in [6.07, 6.45) is 1.53. The van der Waals surface area contributed by atoms with Gasteiger partial charge >= 0.3 is 6.03 Å². The molecule has 0 spiro atoms. The van der Waals surface area contributed by atoms with Crippen LogP contribution < -0.4 is 10.2 Å². The lowest BCUT2D eigenvalue weighted by molar-refractivity contribution is 0.207. The second-order valence-corrected chi connectivity index (χ2v) is 6.52. The highest BCUT2D eigenvalue weighted by molar-refractivity contribution is 5.88. The zero-order chi connectivity index (χ0) is 18.6. The van der Waals surface area contributed by atoms with Gasteiger partial charge in [-0.25, -0.2) is 4.79 Å². The highest BCUT2D eigenvalue weighted by atomic mass is 16.3. The zero-order valence-electron chi connectivity index (χ0n) is 15.1. The average Bonchev–Trinajstić information content (AvgIpc) is 3.22. The maximum absolute atomic E-state index is 12.2. The molecule has 0 bridgehead atoms. The van der Waals surface area contributed by atoms with Crippen molar-refractivity contribution in [2.45, 2.75) is 6.92 Å². The van der Waals surface area contributed by atoms with Crippen LogP contribution in [0.4, 0.5) is 16.5 Å². The van der Waals surface area contributed by atoms with Crippen molar-refractivity contribution in [3.8, 4) is 11.3 Å². The Morgan fingerprint density at radius 3 is 2.41 bits per heavy atom. The van der Waals surface area contributed by atoms with Crippen molar-refractivity contribution in [2.75, 3.05) is 36.4 Å². The molecule has 0 unspecified atom stereocenters. The number of furan rings is 1. The molecule has 1 aliphatic rings. The largest absolute Gasteiger partial charge is 0.449 e. The number of benzene rings is 1. The predicted octanol–water partition coefficient (Wildman–Crippen LogP) is 3.40. The van der Waals surface area contributed by atoms with Crippen molar-refractivity contribution in [3.05, 3.63) is 60.4 Å². The first-order valence-corrected chi connectivity index (χ1v) is 8.94. The van der Waals surface area contributed by atoms with Crippen molar-refractivity contribution < 1.29 is 9.21 Å². The fourth-order valence-electron chi connectivity index (χ4n) is 3.04. The van der Waals surface area contributed by atoms with Crippen LogP contribution in [0.1, 0.15) is 5.56 Å². The molecule has 2 amide bonds. The first-order chi connectivity index (χ1) is 13.2. The number of rotatable bonds is 3. The molecule has 1 saturated heterocycles. The van der Waals surface area contributed by atoms with Gasteiger partial charge in [-0.15, -0.1) is 10.2 Å². The van der Waals surface area contributed by atoms with Gasteiger partial charge in [0, 0.05) is 37.8 Å². The fraction of sp³-hybridized carbons (Fsp3) is 0.250. The summed E-state index contributed by atoms with van der Waals surface area (Å²) in [5.74, 6) is 1.29. The monoisotopic (exact) mass is 363 g/mol. The lowest BCUT2D eigenvalue weighted by atomic mass is 10.1. The fourth-order valence-corrected chi connectivity index (χ4v) is 3.04. The molecule has 0 aliphatic carbocycles. The van der Waals surface area contributed by atoms with Gasteiger partial charge in [0.25, 0.3) is 0 Å². The molecule has 0 atom stereocenters. The normalized spacial score (nSPS) is 14.3. The molecule has 1 aromatic carbocycles. The van der Waals surface area contributed by atoms with E-state index in [0.717, 1.165) is 17.1 Å². The van der Waals surface area contributed by atoms with E-state index < -0.39 is 0 Å². The average molecular weight is 363 g/mol. The molecule has 138 valence electrons. The molecule has 27 heavy (non-hydrogen) atoms. The van der Waals surface area contributed by atoms with Crippen LogP contribution in [0.25, 0.3) is 11.3 Å². The highest BCUT2D eigenvalue weighted by Crippen LogP contribution is 2.20. The van der Waals surface area contributed by atoms with E-state index in [0.29, 0.717) is 32.1 Å². The Balaban J connectivity index is 1.35. The van der Waals surface area contributed by atoms with Gasteiger partial charge in [-0.1, -0.05) is 29.8 Å². The van der Waals surface area contributed by atoms with E-state index in [1.165, 1.54) is 11.8 Å². The van der Waals surface area contributed by atoms with Crippen LogP contribution >= 0.6 is 0 Å². The first kappa shape index (κ1) is 17.1. The minimum atomic E-state index is -0.148. The third-order valence-electron chi connectivity index (χ3n) is 4.64. The van der Waals surface area contributed by atoms with E-state index in [1.807, 2.05) is 12.1 Å². The van der Waals surface area contributed by atoms with Crippen LogP contribution in [0.15, 0.2) is 59.2 Å². The van der Waals surface area contributed by atoms with Gasteiger partial charge in [0.05, 0.1) is 12.0 Å². The van der Waals surface area contributed by atoms with Crippen molar-refractivity contribution in [3.63, 3.8) is 0 Å². The Bertz CT molecular complexity index is 883. The molecule has 0 saturated carbocycles. The SMILES string of the molecule is Cc1ccc(-c2ccc(N3CCN(C(=O)Nc4ccco4)CC3)nn2)cc1. The summed E-state index contributed by atoms with van der Waals surface area (Å²) in [5.41, 5.74) is 3.13. The Hall–Kier alpha value is -3.35. The standard InChI is InChI=1S/C20H21N5O2/c1-15-4-6-16(7-5-15)17-8-9-18(23-22-17)24-10-12-25(13-11-24)20(26)21-19-3-2-14-27-19/h2-9,14H,10-13H2,1H3,(H,21,26). The molecule has 7 nitrogen and oxygen atoms in total. The maximum Gasteiger partial charge on any atom is 0.324 e.